The molecule has 0 spiro atoms. The largest absolute Gasteiger partial charge is 0.467 e. The molecule has 0 aliphatic carbocycles. The number of rotatable bonds is 9. The lowest BCUT2D eigenvalue weighted by Gasteiger charge is -2.18. The van der Waals surface area contributed by atoms with Crippen LogP contribution in [0.2, 0.25) is 0 Å². The van der Waals surface area contributed by atoms with E-state index in [4.69, 9.17) is 4.42 Å². The first kappa shape index (κ1) is 21.4. The molecule has 0 unspecified atom stereocenters. The first-order chi connectivity index (χ1) is 15.6. The summed E-state index contributed by atoms with van der Waals surface area (Å²) in [6, 6.07) is 22.3. The van der Waals surface area contributed by atoms with E-state index in [1.54, 1.807) is 12.1 Å². The summed E-state index contributed by atoms with van der Waals surface area (Å²) >= 11 is 0. The predicted octanol–water partition coefficient (Wildman–Crippen LogP) is 3.43. The fourth-order valence-corrected chi connectivity index (χ4v) is 3.93. The van der Waals surface area contributed by atoms with Crippen LogP contribution in [-0.4, -0.2) is 35.3 Å². The van der Waals surface area contributed by atoms with Gasteiger partial charge in [0, 0.05) is 12.5 Å². The molecule has 3 aromatic rings. The summed E-state index contributed by atoms with van der Waals surface area (Å²) < 4.78 is 5.20. The second-order valence-electron chi connectivity index (χ2n) is 7.72. The van der Waals surface area contributed by atoms with Crippen LogP contribution in [0.3, 0.4) is 0 Å². The molecule has 4 amide bonds. The van der Waals surface area contributed by atoms with Gasteiger partial charge in [-0.15, -0.1) is 0 Å². The van der Waals surface area contributed by atoms with Gasteiger partial charge in [-0.1, -0.05) is 60.7 Å². The number of furan rings is 1. The minimum Gasteiger partial charge on any atom is -0.467 e. The summed E-state index contributed by atoms with van der Waals surface area (Å²) in [6.07, 6.45) is 2.10. The van der Waals surface area contributed by atoms with E-state index in [-0.39, 0.29) is 24.8 Å². The minimum atomic E-state index is -0.864. The lowest BCUT2D eigenvalue weighted by Crippen LogP contribution is -2.37. The molecule has 2 heterocycles. The molecule has 2 aromatic carbocycles. The summed E-state index contributed by atoms with van der Waals surface area (Å²) in [5.41, 5.74) is 2.36. The normalized spacial score (nSPS) is 15.8. The number of hydrogen-bond acceptors (Lipinski definition) is 4. The average Bonchev–Trinajstić information content (AvgIpc) is 3.42. The zero-order valence-corrected chi connectivity index (χ0v) is 17.6. The maximum absolute atomic E-state index is 12.6. The number of nitrogens with one attached hydrogen (secondary N) is 2. The van der Waals surface area contributed by atoms with Crippen LogP contribution < -0.4 is 10.6 Å². The van der Waals surface area contributed by atoms with Gasteiger partial charge in [0.2, 0.25) is 5.91 Å². The van der Waals surface area contributed by atoms with E-state index in [2.05, 4.69) is 34.9 Å². The number of urea groups is 1. The van der Waals surface area contributed by atoms with Crippen LogP contribution >= 0.6 is 0 Å². The summed E-state index contributed by atoms with van der Waals surface area (Å²) in [4.78, 5) is 38.2. The first-order valence-corrected chi connectivity index (χ1v) is 10.6. The second-order valence-corrected chi connectivity index (χ2v) is 7.72. The van der Waals surface area contributed by atoms with Gasteiger partial charge in [-0.25, -0.2) is 4.79 Å². The molecule has 1 aliphatic heterocycles. The smallest absolute Gasteiger partial charge is 0.325 e. The maximum atomic E-state index is 12.6. The molecule has 7 nitrogen and oxygen atoms in total. The van der Waals surface area contributed by atoms with Crippen molar-refractivity contribution in [2.24, 2.45) is 0 Å². The highest BCUT2D eigenvalue weighted by Crippen LogP contribution is 2.27. The molecule has 1 atom stereocenters. The number of carbonyl (C=O) groups is 3. The predicted molar refractivity (Wildman–Crippen MR) is 119 cm³/mol. The molecular formula is C25H25N3O4. The molecule has 4 rings (SSSR count). The van der Waals surface area contributed by atoms with Crippen molar-refractivity contribution in [2.75, 3.05) is 6.54 Å². The Bertz CT molecular complexity index is 1010. The molecular weight excluding hydrogens is 406 g/mol. The molecule has 1 saturated heterocycles. The Labute approximate surface area is 186 Å². The fourth-order valence-electron chi connectivity index (χ4n) is 3.93. The Kier molecular flexibility index (Phi) is 6.65. The highest BCUT2D eigenvalue weighted by atomic mass is 16.3. The Hall–Kier alpha value is -3.87. The van der Waals surface area contributed by atoms with Crippen LogP contribution in [0.1, 0.15) is 35.6 Å². The third-order valence-electron chi connectivity index (χ3n) is 5.55. The topological polar surface area (TPSA) is 91.7 Å². The summed E-state index contributed by atoms with van der Waals surface area (Å²) in [5, 5.41) is 5.48. The van der Waals surface area contributed by atoms with Gasteiger partial charge in [0.05, 0.1) is 19.2 Å². The summed E-state index contributed by atoms with van der Waals surface area (Å²) in [5.74, 6) is -0.0443. The van der Waals surface area contributed by atoms with Crippen LogP contribution in [0.4, 0.5) is 4.79 Å². The highest BCUT2D eigenvalue weighted by molar-refractivity contribution is 6.05. The lowest BCUT2D eigenvalue weighted by molar-refractivity contribution is -0.131. The van der Waals surface area contributed by atoms with E-state index in [0.29, 0.717) is 12.3 Å². The van der Waals surface area contributed by atoms with Crippen molar-refractivity contribution in [1.82, 2.24) is 15.5 Å². The van der Waals surface area contributed by atoms with E-state index >= 15 is 0 Å². The number of amides is 4. The van der Waals surface area contributed by atoms with Gasteiger partial charge < -0.3 is 15.1 Å². The average molecular weight is 431 g/mol. The Morgan fingerprint density at radius 3 is 2.22 bits per heavy atom. The van der Waals surface area contributed by atoms with Gasteiger partial charge in [-0.05, 0) is 29.7 Å². The molecule has 0 saturated carbocycles. The monoisotopic (exact) mass is 431 g/mol. The third kappa shape index (κ3) is 5.06. The van der Waals surface area contributed by atoms with Gasteiger partial charge in [0.15, 0.2) is 0 Å². The molecule has 0 bridgehead atoms. The molecule has 1 fully saturated rings. The summed E-state index contributed by atoms with van der Waals surface area (Å²) in [6.45, 7) is 0.504. The molecule has 1 aliphatic rings. The highest BCUT2D eigenvalue weighted by Gasteiger charge is 2.39. The number of nitrogens with zero attached hydrogens (tertiary/aromatic N) is 1. The van der Waals surface area contributed by atoms with Crippen molar-refractivity contribution >= 4 is 17.8 Å². The molecule has 1 aromatic heterocycles. The van der Waals surface area contributed by atoms with Gasteiger partial charge in [0.25, 0.3) is 5.91 Å². The van der Waals surface area contributed by atoms with Crippen molar-refractivity contribution in [2.45, 2.75) is 31.3 Å². The van der Waals surface area contributed by atoms with Crippen molar-refractivity contribution in [3.05, 3.63) is 95.9 Å². The number of hydrogen-bond donors (Lipinski definition) is 2. The Balaban J connectivity index is 1.31. The van der Waals surface area contributed by atoms with E-state index in [1.807, 2.05) is 36.4 Å². The Morgan fingerprint density at radius 1 is 0.969 bits per heavy atom. The number of carbonyl (C=O) groups excluding carboxylic acids is 3. The van der Waals surface area contributed by atoms with Crippen LogP contribution in [0.5, 0.6) is 0 Å². The first-order valence-electron chi connectivity index (χ1n) is 10.6. The number of imide groups is 1. The summed E-state index contributed by atoms with van der Waals surface area (Å²) in [7, 11) is 0. The van der Waals surface area contributed by atoms with Crippen LogP contribution in [0.25, 0.3) is 0 Å². The van der Waals surface area contributed by atoms with E-state index in [9.17, 15) is 14.4 Å². The van der Waals surface area contributed by atoms with Gasteiger partial charge in [-0.3, -0.25) is 14.5 Å². The lowest BCUT2D eigenvalue weighted by atomic mass is 9.88. The maximum Gasteiger partial charge on any atom is 0.325 e. The molecule has 32 heavy (non-hydrogen) atoms. The Morgan fingerprint density at radius 2 is 1.62 bits per heavy atom. The fraction of sp³-hybridized carbons (Fsp3) is 0.240. The second kappa shape index (κ2) is 9.96. The minimum absolute atomic E-state index is 0.0472. The van der Waals surface area contributed by atoms with Gasteiger partial charge in [0.1, 0.15) is 11.8 Å². The number of benzene rings is 2. The molecule has 2 N–H and O–H groups in total. The van der Waals surface area contributed by atoms with Crippen LogP contribution in [0, 0.1) is 0 Å². The van der Waals surface area contributed by atoms with Crippen LogP contribution in [-0.2, 0) is 16.1 Å². The third-order valence-corrected chi connectivity index (χ3v) is 5.55. The van der Waals surface area contributed by atoms with Crippen LogP contribution in [0.15, 0.2) is 83.5 Å². The molecule has 164 valence electrons. The van der Waals surface area contributed by atoms with E-state index < -0.39 is 18.0 Å². The van der Waals surface area contributed by atoms with Crippen molar-refractivity contribution < 1.29 is 18.8 Å². The van der Waals surface area contributed by atoms with Crippen molar-refractivity contribution in [3.63, 3.8) is 0 Å². The quantitative estimate of drug-likeness (QED) is 0.508. The zero-order valence-electron chi connectivity index (χ0n) is 17.6. The van der Waals surface area contributed by atoms with Crippen molar-refractivity contribution in [1.29, 1.82) is 0 Å². The van der Waals surface area contributed by atoms with Crippen molar-refractivity contribution in [3.8, 4) is 0 Å². The SMILES string of the molecule is O=C(C[C@H]1NC(=O)N(Cc2ccco2)C1=O)NCCC(c1ccccc1)c1ccccc1. The van der Waals surface area contributed by atoms with Gasteiger partial charge >= 0.3 is 6.03 Å². The standard InChI is InChI=1S/C25H25N3O4/c29-23(16-22-24(30)28(25(31)27-22)17-20-12-7-15-32-20)26-14-13-21(18-8-3-1-4-9-18)19-10-5-2-6-11-19/h1-12,15,21-22H,13-14,16-17H2,(H,26,29)(H,27,31)/t22-/m1/s1. The van der Waals surface area contributed by atoms with E-state index in [1.165, 1.54) is 17.4 Å². The molecule has 7 heteroatoms. The zero-order chi connectivity index (χ0) is 22.3. The van der Waals surface area contributed by atoms with E-state index in [0.717, 1.165) is 11.3 Å². The molecule has 0 radical (unpaired) electrons. The van der Waals surface area contributed by atoms with Gasteiger partial charge in [-0.2, -0.15) is 0 Å².